The topological polar surface area (TPSA) is 61.8 Å². The molecule has 0 aliphatic heterocycles. The lowest BCUT2D eigenvalue weighted by Gasteiger charge is -2.21. The molecule has 25 heavy (non-hydrogen) atoms. The molecule has 0 atom stereocenters. The van der Waals surface area contributed by atoms with Gasteiger partial charge in [0.1, 0.15) is 0 Å². The van der Waals surface area contributed by atoms with Gasteiger partial charge in [0.2, 0.25) is 0 Å². The number of nitrogens with zero attached hydrogens (tertiary/aromatic N) is 3. The van der Waals surface area contributed by atoms with Gasteiger partial charge in [0.25, 0.3) is 0 Å². The lowest BCUT2D eigenvalue weighted by Crippen LogP contribution is -2.38. The van der Waals surface area contributed by atoms with Crippen molar-refractivity contribution >= 4 is 23.0 Å². The van der Waals surface area contributed by atoms with Crippen LogP contribution in [-0.2, 0) is 17.8 Å². The molecule has 0 bridgehead atoms. The van der Waals surface area contributed by atoms with Gasteiger partial charge in [-0.1, -0.05) is 12.1 Å². The van der Waals surface area contributed by atoms with E-state index in [0.29, 0.717) is 6.61 Å². The van der Waals surface area contributed by atoms with Crippen molar-refractivity contribution in [1.29, 1.82) is 0 Å². The standard InChI is InChI=1S/C18H27N5OS/c1-14-22-17(13-25-14)12-23(3)18(19-2)21-11-15-5-7-16(8-6-15)20-9-10-24-4/h5-8,13,20H,9-12H2,1-4H3,(H,19,21). The van der Waals surface area contributed by atoms with Crippen molar-refractivity contribution in [2.24, 2.45) is 4.99 Å². The fraction of sp³-hybridized carbons (Fsp3) is 0.444. The highest BCUT2D eigenvalue weighted by Crippen LogP contribution is 2.11. The fourth-order valence-corrected chi connectivity index (χ4v) is 3.01. The normalized spacial score (nSPS) is 11.4. The molecule has 0 radical (unpaired) electrons. The van der Waals surface area contributed by atoms with Crippen LogP contribution in [0.1, 0.15) is 16.3 Å². The number of benzene rings is 1. The number of hydrogen-bond acceptors (Lipinski definition) is 5. The van der Waals surface area contributed by atoms with Gasteiger partial charge in [0, 0.05) is 45.4 Å². The van der Waals surface area contributed by atoms with Crippen LogP contribution in [0.2, 0.25) is 0 Å². The van der Waals surface area contributed by atoms with Gasteiger partial charge in [0.05, 0.1) is 23.9 Å². The van der Waals surface area contributed by atoms with Crippen LogP contribution in [0.5, 0.6) is 0 Å². The molecule has 0 saturated carbocycles. The van der Waals surface area contributed by atoms with E-state index in [9.17, 15) is 0 Å². The van der Waals surface area contributed by atoms with Gasteiger partial charge in [-0.05, 0) is 24.6 Å². The van der Waals surface area contributed by atoms with Gasteiger partial charge in [-0.3, -0.25) is 4.99 Å². The quantitative estimate of drug-likeness (QED) is 0.430. The zero-order valence-corrected chi connectivity index (χ0v) is 16.2. The van der Waals surface area contributed by atoms with Crippen LogP contribution in [0.4, 0.5) is 5.69 Å². The SMILES string of the molecule is CN=C(NCc1ccc(NCCOC)cc1)N(C)Cc1csc(C)n1. The Morgan fingerprint density at radius 2 is 2.08 bits per heavy atom. The van der Waals surface area contributed by atoms with Gasteiger partial charge in [-0.15, -0.1) is 11.3 Å². The largest absolute Gasteiger partial charge is 0.383 e. The molecule has 0 aliphatic carbocycles. The summed E-state index contributed by atoms with van der Waals surface area (Å²) in [6, 6.07) is 8.38. The Morgan fingerprint density at radius 3 is 2.68 bits per heavy atom. The second-order valence-electron chi connectivity index (χ2n) is 5.73. The minimum absolute atomic E-state index is 0.699. The van der Waals surface area contributed by atoms with Crippen LogP contribution in [0.15, 0.2) is 34.6 Å². The van der Waals surface area contributed by atoms with Crippen molar-refractivity contribution in [1.82, 2.24) is 15.2 Å². The number of guanidine groups is 1. The molecule has 6 nitrogen and oxygen atoms in total. The predicted molar refractivity (Wildman–Crippen MR) is 105 cm³/mol. The molecule has 136 valence electrons. The average Bonchev–Trinajstić information content (AvgIpc) is 3.02. The zero-order valence-electron chi connectivity index (χ0n) is 15.4. The van der Waals surface area contributed by atoms with E-state index in [1.54, 1.807) is 25.5 Å². The molecule has 0 fully saturated rings. The summed E-state index contributed by atoms with van der Waals surface area (Å²) >= 11 is 1.67. The molecule has 7 heteroatoms. The maximum absolute atomic E-state index is 5.04. The van der Waals surface area contributed by atoms with Crippen LogP contribution >= 0.6 is 11.3 Å². The van der Waals surface area contributed by atoms with Crippen molar-refractivity contribution in [3.8, 4) is 0 Å². The van der Waals surface area contributed by atoms with E-state index in [0.717, 1.165) is 42.0 Å². The zero-order chi connectivity index (χ0) is 18.1. The summed E-state index contributed by atoms with van der Waals surface area (Å²) in [7, 11) is 5.52. The van der Waals surface area contributed by atoms with Gasteiger partial charge in [-0.2, -0.15) is 0 Å². The third-order valence-corrected chi connectivity index (χ3v) is 4.50. The van der Waals surface area contributed by atoms with E-state index in [-0.39, 0.29) is 0 Å². The van der Waals surface area contributed by atoms with E-state index < -0.39 is 0 Å². The first-order chi connectivity index (χ1) is 12.1. The van der Waals surface area contributed by atoms with E-state index in [1.165, 1.54) is 5.56 Å². The minimum Gasteiger partial charge on any atom is -0.383 e. The van der Waals surface area contributed by atoms with Crippen LogP contribution < -0.4 is 10.6 Å². The van der Waals surface area contributed by atoms with Gasteiger partial charge in [-0.25, -0.2) is 4.98 Å². The van der Waals surface area contributed by atoms with E-state index >= 15 is 0 Å². The molecule has 0 spiro atoms. The lowest BCUT2D eigenvalue weighted by molar-refractivity contribution is 0.211. The monoisotopic (exact) mass is 361 g/mol. The lowest BCUT2D eigenvalue weighted by atomic mass is 10.2. The Bertz CT molecular complexity index is 668. The smallest absolute Gasteiger partial charge is 0.194 e. The second kappa shape index (κ2) is 10.0. The molecule has 0 saturated heterocycles. The molecule has 0 amide bonds. The highest BCUT2D eigenvalue weighted by Gasteiger charge is 2.08. The highest BCUT2D eigenvalue weighted by atomic mass is 32.1. The van der Waals surface area contributed by atoms with Gasteiger partial charge in [0.15, 0.2) is 5.96 Å². The Hall–Kier alpha value is -2.12. The number of aromatic nitrogens is 1. The van der Waals surface area contributed by atoms with E-state index in [1.807, 2.05) is 14.0 Å². The number of anilines is 1. The highest BCUT2D eigenvalue weighted by molar-refractivity contribution is 7.09. The van der Waals surface area contributed by atoms with Crippen molar-refractivity contribution in [2.75, 3.05) is 39.7 Å². The maximum Gasteiger partial charge on any atom is 0.194 e. The van der Waals surface area contributed by atoms with Gasteiger partial charge >= 0.3 is 0 Å². The number of ether oxygens (including phenoxy) is 1. The van der Waals surface area contributed by atoms with Crippen molar-refractivity contribution < 1.29 is 4.74 Å². The maximum atomic E-state index is 5.04. The van der Waals surface area contributed by atoms with Crippen molar-refractivity contribution in [3.63, 3.8) is 0 Å². The first-order valence-electron chi connectivity index (χ1n) is 8.27. The first kappa shape index (κ1) is 19.2. The minimum atomic E-state index is 0.699. The summed E-state index contributed by atoms with van der Waals surface area (Å²) in [5.41, 5.74) is 3.37. The number of hydrogen-bond donors (Lipinski definition) is 2. The summed E-state index contributed by atoms with van der Waals surface area (Å²) in [4.78, 5) is 10.9. The average molecular weight is 362 g/mol. The molecular weight excluding hydrogens is 334 g/mol. The Kier molecular flexibility index (Phi) is 7.69. The van der Waals surface area contributed by atoms with E-state index in [4.69, 9.17) is 4.74 Å². The fourth-order valence-electron chi connectivity index (χ4n) is 2.40. The molecule has 0 unspecified atom stereocenters. The number of nitrogens with one attached hydrogen (secondary N) is 2. The summed E-state index contributed by atoms with van der Waals surface area (Å²) < 4.78 is 5.04. The molecule has 2 N–H and O–H groups in total. The first-order valence-corrected chi connectivity index (χ1v) is 9.15. The Labute approximate surface area is 154 Å². The van der Waals surface area contributed by atoms with Crippen LogP contribution in [0.3, 0.4) is 0 Å². The molecule has 0 aliphatic rings. The summed E-state index contributed by atoms with van der Waals surface area (Å²) in [6.45, 7) is 5.00. The van der Waals surface area contributed by atoms with Crippen molar-refractivity contribution in [3.05, 3.63) is 45.9 Å². The van der Waals surface area contributed by atoms with Crippen molar-refractivity contribution in [2.45, 2.75) is 20.0 Å². The third-order valence-electron chi connectivity index (χ3n) is 3.68. The predicted octanol–water partition coefficient (Wildman–Crippen LogP) is 2.72. The summed E-state index contributed by atoms with van der Waals surface area (Å²) in [5, 5.41) is 9.89. The third kappa shape index (κ3) is 6.36. The van der Waals surface area contributed by atoms with E-state index in [2.05, 4.69) is 55.2 Å². The molecule has 2 aromatic rings. The van der Waals surface area contributed by atoms with Gasteiger partial charge < -0.3 is 20.3 Å². The Morgan fingerprint density at radius 1 is 1.32 bits per heavy atom. The Balaban J connectivity index is 1.83. The summed E-state index contributed by atoms with van der Waals surface area (Å²) in [5.74, 6) is 0.855. The molecule has 2 rings (SSSR count). The van der Waals surface area contributed by atoms with Crippen LogP contribution in [-0.4, -0.2) is 50.2 Å². The molecular formula is C18H27N5OS. The molecule has 1 aromatic heterocycles. The van der Waals surface area contributed by atoms with Crippen LogP contribution in [0, 0.1) is 6.92 Å². The number of thiazole rings is 1. The second-order valence-corrected chi connectivity index (χ2v) is 6.79. The number of rotatable bonds is 8. The number of methoxy groups -OCH3 is 1. The number of aryl methyl sites for hydroxylation is 1. The molecule has 1 heterocycles. The number of aliphatic imine (C=N–C) groups is 1. The molecule has 1 aromatic carbocycles. The van der Waals surface area contributed by atoms with Crippen LogP contribution in [0.25, 0.3) is 0 Å². The summed E-state index contributed by atoms with van der Waals surface area (Å²) in [6.07, 6.45) is 0.